The average molecular weight is 357 g/mol. The molecular formula is C22H44O3. The third-order valence-electron chi connectivity index (χ3n) is 4.72. The monoisotopic (exact) mass is 356 g/mol. The summed E-state index contributed by atoms with van der Waals surface area (Å²) in [5.41, 5.74) is 0. The van der Waals surface area contributed by atoms with Crippen LogP contribution in [-0.4, -0.2) is 23.8 Å². The summed E-state index contributed by atoms with van der Waals surface area (Å²) in [6, 6.07) is 0. The number of carbonyl (C=O) groups excluding carboxylic acids is 1. The molecule has 0 aromatic heterocycles. The third-order valence-corrected chi connectivity index (χ3v) is 4.72. The topological polar surface area (TPSA) is 46.5 Å². The Balaban J connectivity index is 3.06. The highest BCUT2D eigenvalue weighted by molar-refractivity contribution is 5.69. The molecule has 0 heterocycles. The third kappa shape index (κ3) is 21.4. The molecule has 0 aliphatic heterocycles. The van der Waals surface area contributed by atoms with E-state index in [9.17, 15) is 4.79 Å². The van der Waals surface area contributed by atoms with Crippen molar-refractivity contribution < 1.29 is 14.6 Å². The van der Waals surface area contributed by atoms with Crippen LogP contribution in [0.3, 0.4) is 0 Å². The van der Waals surface area contributed by atoms with Crippen LogP contribution in [0.4, 0.5) is 0 Å². The van der Waals surface area contributed by atoms with Crippen LogP contribution in [0.25, 0.3) is 0 Å². The highest BCUT2D eigenvalue weighted by atomic mass is 16.5. The smallest absolute Gasteiger partial charge is 0.308 e. The summed E-state index contributed by atoms with van der Waals surface area (Å²) in [6.45, 7) is 4.39. The number of aliphatic hydroxyl groups is 1. The Morgan fingerprint density at radius 3 is 1.44 bits per heavy atom. The first-order valence-electron chi connectivity index (χ1n) is 11.0. The normalized spacial score (nSPS) is 12.3. The quantitative estimate of drug-likeness (QED) is 0.210. The Labute approximate surface area is 156 Å². The van der Waals surface area contributed by atoms with Gasteiger partial charge in [-0.25, -0.2) is 0 Å². The Morgan fingerprint density at radius 1 is 0.720 bits per heavy atom. The molecule has 0 bridgehead atoms. The number of aliphatic hydroxyl groups excluding tert-OH is 1. The van der Waals surface area contributed by atoms with Gasteiger partial charge in [-0.1, -0.05) is 103 Å². The maximum absolute atomic E-state index is 11.2. The minimum absolute atomic E-state index is 0.110. The molecule has 0 spiro atoms. The van der Waals surface area contributed by atoms with E-state index in [2.05, 4.69) is 6.92 Å². The van der Waals surface area contributed by atoms with Gasteiger partial charge in [0.15, 0.2) is 0 Å². The average Bonchev–Trinajstić information content (AvgIpc) is 2.57. The fourth-order valence-electron chi connectivity index (χ4n) is 3.14. The number of rotatable bonds is 19. The molecule has 0 aliphatic carbocycles. The van der Waals surface area contributed by atoms with Crippen LogP contribution < -0.4 is 0 Å². The number of esters is 1. The molecule has 1 N–H and O–H groups in total. The number of hydrogen-bond donors (Lipinski definition) is 1. The van der Waals surface area contributed by atoms with Gasteiger partial charge in [0.2, 0.25) is 0 Å². The molecule has 1 atom stereocenters. The molecule has 0 rings (SSSR count). The molecule has 0 aliphatic rings. The maximum atomic E-state index is 11.2. The SMILES string of the molecule is CCCCCCCCCCCCCCCCCCOC(=O)CC(C)O. The minimum atomic E-state index is -0.599. The van der Waals surface area contributed by atoms with Gasteiger partial charge < -0.3 is 9.84 Å². The first-order chi connectivity index (χ1) is 12.2. The molecule has 0 radical (unpaired) electrons. The molecule has 0 saturated carbocycles. The van der Waals surface area contributed by atoms with E-state index in [-0.39, 0.29) is 12.4 Å². The lowest BCUT2D eigenvalue weighted by Crippen LogP contribution is -2.13. The lowest BCUT2D eigenvalue weighted by atomic mass is 10.0. The molecule has 0 amide bonds. The molecule has 0 fully saturated rings. The van der Waals surface area contributed by atoms with Gasteiger partial charge in [-0.2, -0.15) is 0 Å². The molecular weight excluding hydrogens is 312 g/mol. The van der Waals surface area contributed by atoms with Crippen molar-refractivity contribution in [3.8, 4) is 0 Å². The summed E-state index contributed by atoms with van der Waals surface area (Å²) < 4.78 is 5.07. The summed E-state index contributed by atoms with van der Waals surface area (Å²) in [5, 5.41) is 9.07. The van der Waals surface area contributed by atoms with Crippen molar-refractivity contribution in [3.05, 3.63) is 0 Å². The summed E-state index contributed by atoms with van der Waals surface area (Å²) in [6.07, 6.45) is 21.0. The summed E-state index contributed by atoms with van der Waals surface area (Å²) >= 11 is 0. The molecule has 1 unspecified atom stereocenters. The lowest BCUT2D eigenvalue weighted by molar-refractivity contribution is -0.145. The highest BCUT2D eigenvalue weighted by Gasteiger charge is 2.06. The molecule has 0 saturated heterocycles. The predicted molar refractivity (Wildman–Crippen MR) is 107 cm³/mol. The van der Waals surface area contributed by atoms with Gasteiger partial charge >= 0.3 is 5.97 Å². The number of ether oxygens (including phenoxy) is 1. The second-order valence-electron chi connectivity index (χ2n) is 7.58. The van der Waals surface area contributed by atoms with Gasteiger partial charge in [-0.15, -0.1) is 0 Å². The summed E-state index contributed by atoms with van der Waals surface area (Å²) in [7, 11) is 0. The van der Waals surface area contributed by atoms with E-state index in [1.807, 2.05) is 0 Å². The van der Waals surface area contributed by atoms with Crippen LogP contribution >= 0.6 is 0 Å². The maximum Gasteiger partial charge on any atom is 0.308 e. The molecule has 3 heteroatoms. The van der Waals surface area contributed by atoms with Crippen LogP contribution in [0, 0.1) is 0 Å². The Morgan fingerprint density at radius 2 is 1.08 bits per heavy atom. The van der Waals surface area contributed by atoms with Gasteiger partial charge in [0.25, 0.3) is 0 Å². The molecule has 0 aromatic carbocycles. The highest BCUT2D eigenvalue weighted by Crippen LogP contribution is 2.13. The van der Waals surface area contributed by atoms with E-state index in [1.165, 1.54) is 89.9 Å². The van der Waals surface area contributed by atoms with Crippen LogP contribution in [0.15, 0.2) is 0 Å². The second-order valence-corrected chi connectivity index (χ2v) is 7.58. The summed E-state index contributed by atoms with van der Waals surface area (Å²) in [5.74, 6) is -0.282. The van der Waals surface area contributed by atoms with E-state index in [1.54, 1.807) is 6.92 Å². The van der Waals surface area contributed by atoms with Crippen LogP contribution in [0.1, 0.15) is 123 Å². The van der Waals surface area contributed by atoms with Crippen molar-refractivity contribution in [2.24, 2.45) is 0 Å². The first-order valence-corrected chi connectivity index (χ1v) is 11.0. The Bertz CT molecular complexity index is 276. The van der Waals surface area contributed by atoms with Crippen molar-refractivity contribution >= 4 is 5.97 Å². The van der Waals surface area contributed by atoms with Crippen molar-refractivity contribution in [1.29, 1.82) is 0 Å². The Hall–Kier alpha value is -0.570. The Kier molecular flexibility index (Phi) is 19.3. The zero-order valence-corrected chi connectivity index (χ0v) is 17.1. The number of hydrogen-bond acceptors (Lipinski definition) is 3. The summed E-state index contributed by atoms with van der Waals surface area (Å²) in [4.78, 5) is 11.2. The van der Waals surface area contributed by atoms with E-state index >= 15 is 0 Å². The van der Waals surface area contributed by atoms with Gasteiger partial charge in [0.05, 0.1) is 19.1 Å². The molecule has 3 nitrogen and oxygen atoms in total. The van der Waals surface area contributed by atoms with E-state index in [4.69, 9.17) is 9.84 Å². The fourth-order valence-corrected chi connectivity index (χ4v) is 3.14. The minimum Gasteiger partial charge on any atom is -0.466 e. The van der Waals surface area contributed by atoms with E-state index < -0.39 is 6.10 Å². The lowest BCUT2D eigenvalue weighted by Gasteiger charge is -2.06. The van der Waals surface area contributed by atoms with Gasteiger partial charge in [0.1, 0.15) is 0 Å². The molecule has 25 heavy (non-hydrogen) atoms. The van der Waals surface area contributed by atoms with E-state index in [0.29, 0.717) is 6.61 Å². The second kappa shape index (κ2) is 19.8. The number of carbonyl (C=O) groups is 1. The first kappa shape index (κ1) is 24.4. The zero-order valence-electron chi connectivity index (χ0n) is 17.1. The van der Waals surface area contributed by atoms with Gasteiger partial charge in [-0.05, 0) is 13.3 Å². The van der Waals surface area contributed by atoms with E-state index in [0.717, 1.165) is 12.8 Å². The zero-order chi connectivity index (χ0) is 18.6. The van der Waals surface area contributed by atoms with Crippen molar-refractivity contribution in [1.82, 2.24) is 0 Å². The molecule has 0 aromatic rings. The van der Waals surface area contributed by atoms with Crippen molar-refractivity contribution in [2.45, 2.75) is 129 Å². The number of unbranched alkanes of at least 4 members (excludes halogenated alkanes) is 15. The van der Waals surface area contributed by atoms with Gasteiger partial charge in [-0.3, -0.25) is 4.79 Å². The van der Waals surface area contributed by atoms with Crippen LogP contribution in [0.5, 0.6) is 0 Å². The fraction of sp³-hybridized carbons (Fsp3) is 0.955. The van der Waals surface area contributed by atoms with Gasteiger partial charge in [0, 0.05) is 0 Å². The van der Waals surface area contributed by atoms with Crippen molar-refractivity contribution in [2.75, 3.05) is 6.61 Å². The van der Waals surface area contributed by atoms with Crippen LogP contribution in [-0.2, 0) is 9.53 Å². The standard InChI is InChI=1S/C22H44O3/c1-3-4-5-6-7-8-9-10-11-12-13-14-15-16-17-18-19-25-22(24)20-21(2)23/h21,23H,3-20H2,1-2H3. The molecule has 150 valence electrons. The van der Waals surface area contributed by atoms with Crippen molar-refractivity contribution in [3.63, 3.8) is 0 Å². The van der Waals surface area contributed by atoms with Crippen LogP contribution in [0.2, 0.25) is 0 Å². The largest absolute Gasteiger partial charge is 0.466 e. The predicted octanol–water partition coefficient (Wildman–Crippen LogP) is 6.56.